The van der Waals surface area contributed by atoms with Gasteiger partial charge in [-0.1, -0.05) is 23.7 Å². The van der Waals surface area contributed by atoms with E-state index in [1.54, 1.807) is 17.0 Å². The van der Waals surface area contributed by atoms with Crippen LogP contribution in [0.4, 0.5) is 10.6 Å². The van der Waals surface area contributed by atoms with Crippen molar-refractivity contribution >= 4 is 41.8 Å². The molecule has 1 saturated carbocycles. The fraction of sp³-hybridized carbons (Fsp3) is 0.435. The van der Waals surface area contributed by atoms with E-state index in [9.17, 15) is 9.59 Å². The van der Waals surface area contributed by atoms with E-state index in [0.717, 1.165) is 30.7 Å². The number of aromatic nitrogens is 1. The predicted octanol–water partition coefficient (Wildman–Crippen LogP) is 4.02. The van der Waals surface area contributed by atoms with E-state index in [0.29, 0.717) is 31.0 Å². The summed E-state index contributed by atoms with van der Waals surface area (Å²) in [6.07, 6.45) is 5.12. The number of benzene rings is 1. The smallest absolute Gasteiger partial charge is 0.338 e. The predicted molar refractivity (Wildman–Crippen MR) is 127 cm³/mol. The van der Waals surface area contributed by atoms with Crippen molar-refractivity contribution in [3.63, 3.8) is 0 Å². The molecule has 2 fully saturated rings. The average Bonchev–Trinajstić information content (AvgIpc) is 3.20. The molecule has 172 valence electrons. The van der Waals surface area contributed by atoms with Gasteiger partial charge in [-0.2, -0.15) is 0 Å². The van der Waals surface area contributed by atoms with Gasteiger partial charge in [0, 0.05) is 42.3 Å². The number of hydrogen-bond acceptors (Lipinski definition) is 5. The number of halogens is 2. The maximum absolute atomic E-state index is 13.2. The summed E-state index contributed by atoms with van der Waals surface area (Å²) in [5.74, 6) is 0.0278. The lowest BCUT2D eigenvalue weighted by Crippen LogP contribution is -2.47. The van der Waals surface area contributed by atoms with Crippen molar-refractivity contribution in [1.29, 1.82) is 0 Å². The summed E-state index contributed by atoms with van der Waals surface area (Å²) in [5, 5.41) is 0.722. The van der Waals surface area contributed by atoms with Crippen LogP contribution in [0.3, 0.4) is 0 Å². The first-order valence-electron chi connectivity index (χ1n) is 10.6. The Morgan fingerprint density at radius 1 is 1.25 bits per heavy atom. The first-order valence-corrected chi connectivity index (χ1v) is 10.9. The van der Waals surface area contributed by atoms with Gasteiger partial charge in [-0.05, 0) is 55.5 Å². The molecule has 0 unspecified atom stereocenters. The summed E-state index contributed by atoms with van der Waals surface area (Å²) < 4.78 is 4.77. The minimum atomic E-state index is -0.446. The Morgan fingerprint density at radius 3 is 2.66 bits per heavy atom. The van der Waals surface area contributed by atoms with Crippen molar-refractivity contribution in [1.82, 2.24) is 9.88 Å². The van der Waals surface area contributed by atoms with Gasteiger partial charge in [-0.3, -0.25) is 4.90 Å². The van der Waals surface area contributed by atoms with Crippen molar-refractivity contribution in [3.8, 4) is 0 Å². The van der Waals surface area contributed by atoms with Gasteiger partial charge in [0.05, 0.1) is 12.7 Å². The summed E-state index contributed by atoms with van der Waals surface area (Å²) in [6, 6.07) is 11.2. The van der Waals surface area contributed by atoms with Crippen LogP contribution in [0, 0.1) is 0 Å². The molecule has 1 aliphatic heterocycles. The summed E-state index contributed by atoms with van der Waals surface area (Å²) in [7, 11) is 1.33. The number of carbonyl (C=O) groups excluding carboxylic acids is 2. The molecule has 1 aliphatic carbocycles. The molecular formula is C23H28Cl2N4O3. The SMILES string of the molecule is COC(=O)c1ccnc(N2CCN([C@H]3CC[C@](CN)(c4cccc(Cl)c4)CC3)C2=O)c1.Cl. The molecule has 9 heteroatoms. The lowest BCUT2D eigenvalue weighted by molar-refractivity contribution is 0.0600. The molecule has 7 nitrogen and oxygen atoms in total. The average molecular weight is 479 g/mol. The van der Waals surface area contributed by atoms with Gasteiger partial charge in [0.25, 0.3) is 0 Å². The number of carbonyl (C=O) groups is 2. The molecule has 32 heavy (non-hydrogen) atoms. The Morgan fingerprint density at radius 2 is 2.00 bits per heavy atom. The lowest BCUT2D eigenvalue weighted by atomic mass is 9.68. The second kappa shape index (κ2) is 10.1. The highest BCUT2D eigenvalue weighted by Gasteiger charge is 2.41. The van der Waals surface area contributed by atoms with E-state index in [1.165, 1.54) is 18.9 Å². The van der Waals surface area contributed by atoms with Crippen LogP contribution in [0.15, 0.2) is 42.6 Å². The van der Waals surface area contributed by atoms with Crippen LogP contribution in [0.25, 0.3) is 0 Å². The van der Waals surface area contributed by atoms with Gasteiger partial charge in [0.1, 0.15) is 5.82 Å². The molecule has 0 bridgehead atoms. The third-order valence-corrected chi connectivity index (χ3v) is 6.90. The van der Waals surface area contributed by atoms with Crippen molar-refractivity contribution in [2.24, 2.45) is 5.73 Å². The highest BCUT2D eigenvalue weighted by molar-refractivity contribution is 6.30. The number of esters is 1. The van der Waals surface area contributed by atoms with Crippen LogP contribution >= 0.6 is 24.0 Å². The number of pyridine rings is 1. The summed E-state index contributed by atoms with van der Waals surface area (Å²) >= 11 is 6.21. The zero-order valence-electron chi connectivity index (χ0n) is 18.0. The first-order chi connectivity index (χ1) is 15.0. The molecule has 2 heterocycles. The van der Waals surface area contributed by atoms with Crippen LogP contribution < -0.4 is 10.6 Å². The Bertz CT molecular complexity index is 979. The van der Waals surface area contributed by atoms with E-state index in [-0.39, 0.29) is 29.9 Å². The van der Waals surface area contributed by atoms with E-state index >= 15 is 0 Å². The number of hydrogen-bond donors (Lipinski definition) is 1. The van der Waals surface area contributed by atoms with Gasteiger partial charge in [-0.15, -0.1) is 12.4 Å². The summed E-state index contributed by atoms with van der Waals surface area (Å²) in [6.45, 7) is 1.74. The summed E-state index contributed by atoms with van der Waals surface area (Å²) in [4.78, 5) is 32.8. The van der Waals surface area contributed by atoms with Crippen LogP contribution in [0.1, 0.15) is 41.6 Å². The standard InChI is InChI=1S/C23H27ClN4O3.ClH/c1-31-21(29)16-7-10-26-20(13-16)28-12-11-27(22(28)30)19-5-8-23(15-25,9-6-19)17-3-2-4-18(24)14-17;/h2-4,7,10,13-14,19H,5-6,8-9,11-12,15,25H2,1H3;1H/t19-,23-;. The van der Waals surface area contributed by atoms with Gasteiger partial charge in [-0.25, -0.2) is 14.6 Å². The Balaban J connectivity index is 0.00000289. The van der Waals surface area contributed by atoms with Crippen molar-refractivity contribution in [2.45, 2.75) is 37.1 Å². The molecule has 1 aromatic heterocycles. The van der Waals surface area contributed by atoms with Crippen molar-refractivity contribution < 1.29 is 14.3 Å². The number of urea groups is 1. The molecule has 4 rings (SSSR count). The van der Waals surface area contributed by atoms with Crippen molar-refractivity contribution in [3.05, 3.63) is 58.7 Å². The van der Waals surface area contributed by atoms with Crippen LogP contribution in [0.5, 0.6) is 0 Å². The second-order valence-electron chi connectivity index (χ2n) is 8.25. The fourth-order valence-corrected chi connectivity index (χ4v) is 5.00. The number of rotatable bonds is 5. The van der Waals surface area contributed by atoms with E-state index in [2.05, 4.69) is 11.1 Å². The third-order valence-electron chi connectivity index (χ3n) is 6.66. The largest absolute Gasteiger partial charge is 0.465 e. The fourth-order valence-electron chi connectivity index (χ4n) is 4.81. The van der Waals surface area contributed by atoms with Gasteiger partial charge < -0.3 is 15.4 Å². The quantitative estimate of drug-likeness (QED) is 0.655. The van der Waals surface area contributed by atoms with E-state index < -0.39 is 5.97 Å². The number of ether oxygens (including phenoxy) is 1. The van der Waals surface area contributed by atoms with Gasteiger partial charge in [0.2, 0.25) is 0 Å². The highest BCUT2D eigenvalue weighted by Crippen LogP contribution is 2.41. The monoisotopic (exact) mass is 478 g/mol. The highest BCUT2D eigenvalue weighted by atomic mass is 35.5. The van der Waals surface area contributed by atoms with E-state index in [4.69, 9.17) is 22.1 Å². The Labute approximate surface area is 199 Å². The molecule has 0 atom stereocenters. The number of methoxy groups -OCH3 is 1. The molecule has 1 saturated heterocycles. The maximum atomic E-state index is 13.2. The normalized spacial score (nSPS) is 23.1. The number of amides is 2. The molecule has 2 amide bonds. The topological polar surface area (TPSA) is 88.8 Å². The number of nitrogens with two attached hydrogens (primary N) is 1. The minimum absolute atomic E-state index is 0. The zero-order chi connectivity index (χ0) is 22.0. The molecule has 0 radical (unpaired) electrons. The third kappa shape index (κ3) is 4.56. The molecule has 2 aliphatic rings. The van der Waals surface area contributed by atoms with Crippen molar-refractivity contribution in [2.75, 3.05) is 31.6 Å². The molecule has 2 N–H and O–H groups in total. The number of nitrogens with zero attached hydrogens (tertiary/aromatic N) is 3. The van der Waals surface area contributed by atoms with Crippen LogP contribution in [-0.4, -0.2) is 54.7 Å². The van der Waals surface area contributed by atoms with E-state index in [1.807, 2.05) is 23.1 Å². The zero-order valence-corrected chi connectivity index (χ0v) is 19.6. The Kier molecular flexibility index (Phi) is 7.64. The first kappa shape index (κ1) is 24.3. The maximum Gasteiger partial charge on any atom is 0.338 e. The summed E-state index contributed by atoms with van der Waals surface area (Å²) in [5.41, 5.74) is 7.68. The molecule has 1 aromatic carbocycles. The molecule has 2 aromatic rings. The van der Waals surface area contributed by atoms with Crippen LogP contribution in [-0.2, 0) is 10.2 Å². The van der Waals surface area contributed by atoms with Gasteiger partial charge in [0.15, 0.2) is 0 Å². The minimum Gasteiger partial charge on any atom is -0.465 e. The second-order valence-corrected chi connectivity index (χ2v) is 8.68. The molecular weight excluding hydrogens is 451 g/mol. The lowest BCUT2D eigenvalue weighted by Gasteiger charge is -2.42. The molecule has 0 spiro atoms. The van der Waals surface area contributed by atoms with Crippen LogP contribution in [0.2, 0.25) is 5.02 Å². The number of anilines is 1. The van der Waals surface area contributed by atoms with Gasteiger partial charge >= 0.3 is 12.0 Å². The Hall–Kier alpha value is -2.35.